The zero-order valence-electron chi connectivity index (χ0n) is 7.43. The van der Waals surface area contributed by atoms with Crippen LogP contribution in [0.15, 0.2) is 17.5 Å². The molecule has 0 aliphatic carbocycles. The Labute approximate surface area is 94.9 Å². The molecule has 0 aliphatic heterocycles. The predicted molar refractivity (Wildman–Crippen MR) is 65.8 cm³/mol. The molecular weight excluding hydrogens is 295 g/mol. The summed E-state index contributed by atoms with van der Waals surface area (Å²) in [5, 5.41) is 3.34. The Morgan fingerprint density at radius 3 is 2.92 bits per heavy atom. The minimum atomic E-state index is 1.01. The molecule has 1 aromatic carbocycles. The lowest BCUT2D eigenvalue weighted by atomic mass is 10.1. The van der Waals surface area contributed by atoms with E-state index in [1.165, 1.54) is 19.2 Å². The Hall–Kier alpha value is -0.290. The standard InChI is InChI=1S/C10H9IOS/c1-6-5-8(11)10-7(3-4-13-10)9(6)12-2/h3-5H,1-2H3. The van der Waals surface area contributed by atoms with Crippen LogP contribution in [0.4, 0.5) is 0 Å². The molecule has 1 heterocycles. The fourth-order valence-corrected chi connectivity index (χ4v) is 3.42. The van der Waals surface area contributed by atoms with Crippen LogP contribution < -0.4 is 4.74 Å². The van der Waals surface area contributed by atoms with Crippen molar-refractivity contribution in [3.8, 4) is 5.75 Å². The predicted octanol–water partition coefficient (Wildman–Crippen LogP) is 3.82. The quantitative estimate of drug-likeness (QED) is 0.728. The number of hydrogen-bond donors (Lipinski definition) is 0. The second kappa shape index (κ2) is 3.46. The number of aryl methyl sites for hydroxylation is 1. The average molecular weight is 304 g/mol. The second-order valence-corrected chi connectivity index (χ2v) is 4.95. The molecule has 13 heavy (non-hydrogen) atoms. The van der Waals surface area contributed by atoms with Gasteiger partial charge in [0.25, 0.3) is 0 Å². The maximum absolute atomic E-state index is 5.37. The molecule has 0 unspecified atom stereocenters. The van der Waals surface area contributed by atoms with Crippen LogP contribution in [0.1, 0.15) is 5.56 Å². The van der Waals surface area contributed by atoms with Crippen LogP contribution in [0.3, 0.4) is 0 Å². The summed E-state index contributed by atoms with van der Waals surface area (Å²) >= 11 is 4.13. The largest absolute Gasteiger partial charge is 0.496 e. The molecule has 0 atom stereocenters. The van der Waals surface area contributed by atoms with E-state index in [1.807, 2.05) is 0 Å². The van der Waals surface area contributed by atoms with Crippen molar-refractivity contribution < 1.29 is 4.74 Å². The highest BCUT2D eigenvalue weighted by molar-refractivity contribution is 14.1. The second-order valence-electron chi connectivity index (χ2n) is 2.87. The topological polar surface area (TPSA) is 9.23 Å². The van der Waals surface area contributed by atoms with E-state index >= 15 is 0 Å². The monoisotopic (exact) mass is 304 g/mol. The van der Waals surface area contributed by atoms with Crippen LogP contribution in [-0.2, 0) is 0 Å². The first-order chi connectivity index (χ1) is 6.24. The molecule has 0 N–H and O–H groups in total. The Balaban J connectivity index is 2.88. The summed E-state index contributed by atoms with van der Waals surface area (Å²) in [7, 11) is 1.73. The van der Waals surface area contributed by atoms with Crippen molar-refractivity contribution in [1.29, 1.82) is 0 Å². The van der Waals surface area contributed by atoms with Gasteiger partial charge >= 0.3 is 0 Å². The van der Waals surface area contributed by atoms with Crippen molar-refractivity contribution in [2.75, 3.05) is 7.11 Å². The molecule has 3 heteroatoms. The number of ether oxygens (including phenoxy) is 1. The molecule has 0 radical (unpaired) electrons. The number of hydrogen-bond acceptors (Lipinski definition) is 2. The van der Waals surface area contributed by atoms with Crippen LogP contribution in [0.25, 0.3) is 10.1 Å². The summed E-state index contributed by atoms with van der Waals surface area (Å²) in [5.74, 6) is 1.01. The van der Waals surface area contributed by atoms with E-state index in [1.54, 1.807) is 18.4 Å². The third kappa shape index (κ3) is 1.44. The van der Waals surface area contributed by atoms with Gasteiger partial charge in [-0.3, -0.25) is 0 Å². The summed E-state index contributed by atoms with van der Waals surface area (Å²) < 4.78 is 8.00. The molecule has 0 spiro atoms. The zero-order valence-corrected chi connectivity index (χ0v) is 10.4. The molecule has 2 aromatic rings. The maximum Gasteiger partial charge on any atom is 0.130 e. The van der Waals surface area contributed by atoms with Gasteiger partial charge in [-0.1, -0.05) is 0 Å². The smallest absolute Gasteiger partial charge is 0.130 e. The summed E-state index contributed by atoms with van der Waals surface area (Å²) in [5.41, 5.74) is 1.21. The van der Waals surface area contributed by atoms with Crippen molar-refractivity contribution in [3.63, 3.8) is 0 Å². The van der Waals surface area contributed by atoms with E-state index in [9.17, 15) is 0 Å². The number of fused-ring (bicyclic) bond motifs is 1. The van der Waals surface area contributed by atoms with Crippen molar-refractivity contribution in [2.24, 2.45) is 0 Å². The van der Waals surface area contributed by atoms with Gasteiger partial charge in [0, 0.05) is 8.96 Å². The number of rotatable bonds is 1. The molecule has 0 bridgehead atoms. The number of thiophene rings is 1. The molecule has 68 valence electrons. The lowest BCUT2D eigenvalue weighted by molar-refractivity contribution is 0.417. The van der Waals surface area contributed by atoms with Crippen molar-refractivity contribution in [3.05, 3.63) is 26.6 Å². The highest BCUT2D eigenvalue weighted by atomic mass is 127. The normalized spacial score (nSPS) is 10.7. The first-order valence-electron chi connectivity index (χ1n) is 3.94. The number of halogens is 1. The summed E-state index contributed by atoms with van der Waals surface area (Å²) in [4.78, 5) is 0. The SMILES string of the molecule is COc1c(C)cc(I)c2sccc12. The fraction of sp³-hybridized carbons (Fsp3) is 0.200. The first kappa shape index (κ1) is 9.27. The van der Waals surface area contributed by atoms with Crippen LogP contribution in [0, 0.1) is 10.5 Å². The van der Waals surface area contributed by atoms with Gasteiger partial charge in [0.1, 0.15) is 5.75 Å². The van der Waals surface area contributed by atoms with Gasteiger partial charge in [-0.2, -0.15) is 0 Å². The molecule has 0 fully saturated rings. The van der Waals surface area contributed by atoms with Crippen LogP contribution in [0.5, 0.6) is 5.75 Å². The molecule has 0 saturated heterocycles. The Kier molecular flexibility index (Phi) is 2.47. The van der Waals surface area contributed by atoms with Crippen LogP contribution >= 0.6 is 33.9 Å². The molecule has 1 nitrogen and oxygen atoms in total. The summed E-state index contributed by atoms with van der Waals surface area (Å²) in [6, 6.07) is 4.28. The third-order valence-corrected chi connectivity index (χ3v) is 4.20. The minimum Gasteiger partial charge on any atom is -0.496 e. The Bertz CT molecular complexity index is 447. The highest BCUT2D eigenvalue weighted by Crippen LogP contribution is 2.35. The van der Waals surface area contributed by atoms with E-state index in [0.29, 0.717) is 0 Å². The molecule has 0 amide bonds. The molecule has 0 saturated carbocycles. The van der Waals surface area contributed by atoms with Gasteiger partial charge in [0.05, 0.1) is 11.8 Å². The van der Waals surface area contributed by atoms with Crippen LogP contribution in [0.2, 0.25) is 0 Å². The van der Waals surface area contributed by atoms with Gasteiger partial charge in [-0.25, -0.2) is 0 Å². The molecule has 1 aromatic heterocycles. The molecule has 2 rings (SSSR count). The van der Waals surface area contributed by atoms with E-state index in [0.717, 1.165) is 5.75 Å². The summed E-state index contributed by atoms with van der Waals surface area (Å²) in [6.07, 6.45) is 0. The van der Waals surface area contributed by atoms with Gasteiger partial charge in [0.15, 0.2) is 0 Å². The maximum atomic E-state index is 5.37. The van der Waals surface area contributed by atoms with E-state index < -0.39 is 0 Å². The van der Waals surface area contributed by atoms with Gasteiger partial charge < -0.3 is 4.74 Å². The zero-order chi connectivity index (χ0) is 9.42. The highest BCUT2D eigenvalue weighted by Gasteiger charge is 2.08. The third-order valence-electron chi connectivity index (χ3n) is 2.03. The minimum absolute atomic E-state index is 1.01. The van der Waals surface area contributed by atoms with Crippen LogP contribution in [-0.4, -0.2) is 7.11 Å². The Morgan fingerprint density at radius 2 is 2.23 bits per heavy atom. The first-order valence-corrected chi connectivity index (χ1v) is 5.90. The lowest BCUT2D eigenvalue weighted by Crippen LogP contribution is -1.88. The van der Waals surface area contributed by atoms with E-state index in [4.69, 9.17) is 4.74 Å². The van der Waals surface area contributed by atoms with Crippen molar-refractivity contribution >= 4 is 44.0 Å². The van der Waals surface area contributed by atoms with E-state index in [2.05, 4.69) is 47.0 Å². The van der Waals surface area contributed by atoms with Gasteiger partial charge in [-0.05, 0) is 52.6 Å². The lowest BCUT2D eigenvalue weighted by Gasteiger charge is -2.06. The van der Waals surface area contributed by atoms with Crippen molar-refractivity contribution in [2.45, 2.75) is 6.92 Å². The van der Waals surface area contributed by atoms with Crippen molar-refractivity contribution in [1.82, 2.24) is 0 Å². The molecule has 0 aliphatic rings. The number of methoxy groups -OCH3 is 1. The van der Waals surface area contributed by atoms with Gasteiger partial charge in [0.2, 0.25) is 0 Å². The van der Waals surface area contributed by atoms with E-state index in [-0.39, 0.29) is 0 Å². The fourth-order valence-electron chi connectivity index (χ4n) is 1.48. The molecular formula is C10H9IOS. The average Bonchev–Trinajstić information content (AvgIpc) is 2.53. The number of benzene rings is 1. The van der Waals surface area contributed by atoms with Gasteiger partial charge in [-0.15, -0.1) is 11.3 Å². The Morgan fingerprint density at radius 1 is 1.46 bits per heavy atom. The summed E-state index contributed by atoms with van der Waals surface area (Å²) in [6.45, 7) is 2.08.